The van der Waals surface area contributed by atoms with Crippen LogP contribution in [0.3, 0.4) is 0 Å². The predicted octanol–water partition coefficient (Wildman–Crippen LogP) is 2.68. The second kappa shape index (κ2) is 6.74. The first kappa shape index (κ1) is 15.4. The monoisotopic (exact) mass is 323 g/mol. The summed E-state index contributed by atoms with van der Waals surface area (Å²) in [5.41, 5.74) is 9.98. The number of primary amides is 1. The third kappa shape index (κ3) is 3.46. The Morgan fingerprint density at radius 2 is 1.88 bits per heavy atom. The summed E-state index contributed by atoms with van der Waals surface area (Å²) >= 11 is 0. The van der Waals surface area contributed by atoms with Gasteiger partial charge in [-0.25, -0.2) is 19.3 Å². The maximum absolute atomic E-state index is 13.2. The summed E-state index contributed by atoms with van der Waals surface area (Å²) in [6, 6.07) is 14.7. The molecule has 0 fully saturated rings. The van der Waals surface area contributed by atoms with Crippen molar-refractivity contribution in [3.05, 3.63) is 72.2 Å². The summed E-state index contributed by atoms with van der Waals surface area (Å²) in [4.78, 5) is 10.7. The van der Waals surface area contributed by atoms with E-state index in [1.54, 1.807) is 23.0 Å². The van der Waals surface area contributed by atoms with Crippen molar-refractivity contribution < 1.29 is 9.18 Å². The largest absolute Gasteiger partial charge is 0.350 e. The molecule has 3 N–H and O–H groups in total. The number of urea groups is 1. The molecule has 0 atom stereocenters. The zero-order chi connectivity index (χ0) is 16.9. The van der Waals surface area contributed by atoms with Crippen LogP contribution >= 0.6 is 0 Å². The number of rotatable bonds is 4. The highest BCUT2D eigenvalue weighted by molar-refractivity contribution is 5.89. The molecule has 7 heteroatoms. The van der Waals surface area contributed by atoms with Gasteiger partial charge in [0.05, 0.1) is 11.9 Å². The van der Waals surface area contributed by atoms with E-state index in [0.29, 0.717) is 11.3 Å². The normalized spacial score (nSPS) is 10.9. The molecule has 3 aromatic rings. The first-order valence-corrected chi connectivity index (χ1v) is 7.13. The smallest absolute Gasteiger partial charge is 0.332 e. The molecule has 0 unspecified atom stereocenters. The minimum absolute atomic E-state index is 0.327. The Morgan fingerprint density at radius 1 is 1.17 bits per heavy atom. The molecule has 6 nitrogen and oxygen atoms in total. The van der Waals surface area contributed by atoms with Crippen molar-refractivity contribution in [2.45, 2.75) is 0 Å². The number of nitrogens with zero attached hydrogens (tertiary/aromatic N) is 3. The summed E-state index contributed by atoms with van der Waals surface area (Å²) < 4.78 is 14.8. The van der Waals surface area contributed by atoms with Gasteiger partial charge in [0.1, 0.15) is 11.5 Å². The van der Waals surface area contributed by atoms with Crippen molar-refractivity contribution in [1.29, 1.82) is 0 Å². The summed E-state index contributed by atoms with van der Waals surface area (Å²) in [6.07, 6.45) is 3.20. The van der Waals surface area contributed by atoms with Gasteiger partial charge in [-0.1, -0.05) is 18.2 Å². The van der Waals surface area contributed by atoms with Gasteiger partial charge in [-0.2, -0.15) is 10.2 Å². The van der Waals surface area contributed by atoms with Crippen LogP contribution in [0.4, 0.5) is 9.18 Å². The fourth-order valence-corrected chi connectivity index (χ4v) is 2.19. The van der Waals surface area contributed by atoms with E-state index in [1.165, 1.54) is 18.3 Å². The van der Waals surface area contributed by atoms with E-state index in [0.717, 1.165) is 11.3 Å². The number of hydrazone groups is 1. The average molecular weight is 323 g/mol. The zero-order valence-corrected chi connectivity index (χ0v) is 12.6. The lowest BCUT2D eigenvalue weighted by Gasteiger charge is -2.00. The number of para-hydroxylation sites is 1. The number of nitrogens with one attached hydrogen (secondary N) is 1. The molecule has 2 amide bonds. The second-order valence-corrected chi connectivity index (χ2v) is 4.95. The number of benzene rings is 2. The summed E-state index contributed by atoms with van der Waals surface area (Å²) in [5.74, 6) is -0.327. The van der Waals surface area contributed by atoms with Crippen LogP contribution in [0.2, 0.25) is 0 Å². The molecule has 3 rings (SSSR count). The van der Waals surface area contributed by atoms with Gasteiger partial charge in [0, 0.05) is 17.3 Å². The van der Waals surface area contributed by atoms with Crippen LogP contribution in [0, 0.1) is 5.82 Å². The maximum atomic E-state index is 13.2. The molecule has 2 aromatic carbocycles. The molecule has 0 saturated heterocycles. The van der Waals surface area contributed by atoms with Gasteiger partial charge >= 0.3 is 6.03 Å². The standard InChI is InChI=1S/C17H14FN5O/c18-14-8-6-12(7-9-14)16-13(10-20-21-17(19)24)11-23(22-16)15-4-2-1-3-5-15/h1-11H,(H3,19,21,24)/b20-10+. The van der Waals surface area contributed by atoms with E-state index in [-0.39, 0.29) is 5.82 Å². The number of amides is 2. The third-order valence-electron chi connectivity index (χ3n) is 3.26. The van der Waals surface area contributed by atoms with Gasteiger partial charge in [-0.3, -0.25) is 0 Å². The van der Waals surface area contributed by atoms with E-state index in [4.69, 9.17) is 5.73 Å². The molecule has 1 aromatic heterocycles. The lowest BCUT2D eigenvalue weighted by Crippen LogP contribution is -2.24. The second-order valence-electron chi connectivity index (χ2n) is 4.95. The van der Waals surface area contributed by atoms with E-state index in [9.17, 15) is 9.18 Å². The van der Waals surface area contributed by atoms with E-state index >= 15 is 0 Å². The molecule has 0 bridgehead atoms. The van der Waals surface area contributed by atoms with Gasteiger partial charge in [0.15, 0.2) is 0 Å². The van der Waals surface area contributed by atoms with Crippen LogP contribution in [0.5, 0.6) is 0 Å². The average Bonchev–Trinajstić information content (AvgIpc) is 3.00. The topological polar surface area (TPSA) is 85.3 Å². The van der Waals surface area contributed by atoms with Crippen molar-refractivity contribution in [1.82, 2.24) is 15.2 Å². The van der Waals surface area contributed by atoms with Gasteiger partial charge in [0.25, 0.3) is 0 Å². The summed E-state index contributed by atoms with van der Waals surface area (Å²) in [7, 11) is 0. The number of carbonyl (C=O) groups is 1. The fourth-order valence-electron chi connectivity index (χ4n) is 2.19. The van der Waals surface area contributed by atoms with Crippen LogP contribution in [0.25, 0.3) is 16.9 Å². The lowest BCUT2D eigenvalue weighted by atomic mass is 10.1. The van der Waals surface area contributed by atoms with Crippen molar-refractivity contribution in [3.8, 4) is 16.9 Å². The minimum Gasteiger partial charge on any atom is -0.350 e. The van der Waals surface area contributed by atoms with Crippen molar-refractivity contribution in [2.24, 2.45) is 10.8 Å². The molecule has 0 aliphatic heterocycles. The van der Waals surface area contributed by atoms with Gasteiger partial charge < -0.3 is 5.73 Å². The SMILES string of the molecule is NC(=O)N/N=C/c1cn(-c2ccccc2)nc1-c1ccc(F)cc1. The molecule has 0 spiro atoms. The summed E-state index contributed by atoms with van der Waals surface area (Å²) in [5, 5.41) is 8.31. The number of hydrogen-bond donors (Lipinski definition) is 2. The molecule has 0 radical (unpaired) electrons. The Labute approximate surface area is 137 Å². The van der Waals surface area contributed by atoms with Crippen LogP contribution < -0.4 is 11.2 Å². The predicted molar refractivity (Wildman–Crippen MR) is 89.3 cm³/mol. The zero-order valence-electron chi connectivity index (χ0n) is 12.6. The third-order valence-corrected chi connectivity index (χ3v) is 3.26. The number of halogens is 1. The Kier molecular flexibility index (Phi) is 4.33. The minimum atomic E-state index is -0.759. The van der Waals surface area contributed by atoms with E-state index in [2.05, 4.69) is 15.6 Å². The number of nitrogens with two attached hydrogens (primary N) is 1. The highest BCUT2D eigenvalue weighted by atomic mass is 19.1. The highest BCUT2D eigenvalue weighted by Gasteiger charge is 2.11. The first-order valence-electron chi connectivity index (χ1n) is 7.13. The number of aromatic nitrogens is 2. The number of hydrogen-bond acceptors (Lipinski definition) is 3. The molecule has 0 aliphatic carbocycles. The molecular weight excluding hydrogens is 309 g/mol. The van der Waals surface area contributed by atoms with E-state index < -0.39 is 6.03 Å². The fraction of sp³-hybridized carbons (Fsp3) is 0. The van der Waals surface area contributed by atoms with Gasteiger partial charge in [0.2, 0.25) is 0 Å². The first-order chi connectivity index (χ1) is 11.6. The Balaban J connectivity index is 2.04. The Hall–Kier alpha value is -3.48. The van der Waals surface area contributed by atoms with Gasteiger partial charge in [-0.15, -0.1) is 0 Å². The maximum Gasteiger partial charge on any atom is 0.332 e. The van der Waals surface area contributed by atoms with Crippen LogP contribution in [-0.2, 0) is 0 Å². The Bertz CT molecular complexity index is 872. The molecule has 0 saturated carbocycles. The molecule has 0 aliphatic rings. The highest BCUT2D eigenvalue weighted by Crippen LogP contribution is 2.23. The molecule has 120 valence electrons. The molecular formula is C17H14FN5O. The molecule has 24 heavy (non-hydrogen) atoms. The van der Waals surface area contributed by atoms with Crippen molar-refractivity contribution in [3.63, 3.8) is 0 Å². The van der Waals surface area contributed by atoms with E-state index in [1.807, 2.05) is 30.3 Å². The van der Waals surface area contributed by atoms with Crippen molar-refractivity contribution in [2.75, 3.05) is 0 Å². The van der Waals surface area contributed by atoms with Crippen LogP contribution in [-0.4, -0.2) is 22.0 Å². The Morgan fingerprint density at radius 3 is 2.54 bits per heavy atom. The molecule has 1 heterocycles. The van der Waals surface area contributed by atoms with Crippen LogP contribution in [0.1, 0.15) is 5.56 Å². The number of carbonyl (C=O) groups excluding carboxylic acids is 1. The summed E-state index contributed by atoms with van der Waals surface area (Å²) in [6.45, 7) is 0. The van der Waals surface area contributed by atoms with Crippen molar-refractivity contribution >= 4 is 12.2 Å². The lowest BCUT2D eigenvalue weighted by molar-refractivity contribution is 0.249. The van der Waals surface area contributed by atoms with Gasteiger partial charge in [-0.05, 0) is 36.4 Å². The van der Waals surface area contributed by atoms with Crippen LogP contribution in [0.15, 0.2) is 65.9 Å². The quantitative estimate of drug-likeness (QED) is 0.571.